The van der Waals surface area contributed by atoms with Crippen molar-refractivity contribution < 1.29 is 50.5 Å². The van der Waals surface area contributed by atoms with Gasteiger partial charge in [-0.05, 0) is 66.6 Å². The van der Waals surface area contributed by atoms with Crippen molar-refractivity contribution in [1.29, 1.82) is 0 Å². The van der Waals surface area contributed by atoms with E-state index in [1.165, 1.54) is 0 Å². The number of rotatable bonds is 11. The Morgan fingerprint density at radius 2 is 1.61 bits per heavy atom. The van der Waals surface area contributed by atoms with Crippen molar-refractivity contribution in [3.05, 3.63) is 89.0 Å². The van der Waals surface area contributed by atoms with E-state index in [1.807, 2.05) is 0 Å². The van der Waals surface area contributed by atoms with Crippen LogP contribution in [0.25, 0.3) is 0 Å². The summed E-state index contributed by atoms with van der Waals surface area (Å²) in [6.45, 7) is 2.14. The number of carbonyl (C=O) groups is 2. The molecule has 0 aliphatic carbocycles. The number of imide groups is 1. The molecule has 5 rings (SSSR count). The number of anilines is 1. The number of aliphatic hydroxyl groups is 1. The van der Waals surface area contributed by atoms with Gasteiger partial charge >= 0.3 is 18.4 Å². The van der Waals surface area contributed by atoms with Crippen LogP contribution in [0, 0.1) is 0 Å². The number of alkyl halides is 6. The number of urea groups is 1. The van der Waals surface area contributed by atoms with Crippen LogP contribution in [-0.2, 0) is 22.4 Å². The van der Waals surface area contributed by atoms with Gasteiger partial charge in [0.2, 0.25) is 6.79 Å². The van der Waals surface area contributed by atoms with Gasteiger partial charge in [0, 0.05) is 24.3 Å². The Kier molecular flexibility index (Phi) is 8.86. The van der Waals surface area contributed by atoms with E-state index < -0.39 is 41.0 Å². The molecular formula is C32H31F6N3O5. The second-order valence-corrected chi connectivity index (χ2v) is 11.1. The SMILES string of the molecule is CCC1(c2ccc3c(c2)OCO3)NC(=O)N(CCCCNc2ccc(C(O)(C(F)(F)F)C(F)(F)F)cc2Cc2ccccc2)C1=O. The van der Waals surface area contributed by atoms with E-state index >= 15 is 0 Å². The van der Waals surface area contributed by atoms with Crippen LogP contribution < -0.4 is 20.1 Å². The predicted octanol–water partition coefficient (Wildman–Crippen LogP) is 6.37. The van der Waals surface area contributed by atoms with Crippen LogP contribution >= 0.6 is 0 Å². The number of hydrogen-bond donors (Lipinski definition) is 3. The van der Waals surface area contributed by atoms with Gasteiger partial charge in [-0.15, -0.1) is 0 Å². The Morgan fingerprint density at radius 3 is 2.28 bits per heavy atom. The molecular weight excluding hydrogens is 620 g/mol. The number of ether oxygens (including phenoxy) is 2. The molecule has 1 atom stereocenters. The fourth-order valence-electron chi connectivity index (χ4n) is 5.69. The van der Waals surface area contributed by atoms with Gasteiger partial charge in [0.05, 0.1) is 0 Å². The normalized spacial score (nSPS) is 18.2. The number of halogens is 6. The fraction of sp³-hybridized carbons (Fsp3) is 0.375. The van der Waals surface area contributed by atoms with Gasteiger partial charge in [0.25, 0.3) is 11.5 Å². The highest BCUT2D eigenvalue weighted by Gasteiger charge is 2.71. The van der Waals surface area contributed by atoms with Crippen molar-refractivity contribution in [1.82, 2.24) is 10.2 Å². The fourth-order valence-corrected chi connectivity index (χ4v) is 5.69. The summed E-state index contributed by atoms with van der Waals surface area (Å²) in [4.78, 5) is 27.5. The zero-order valence-corrected chi connectivity index (χ0v) is 24.6. The van der Waals surface area contributed by atoms with E-state index in [0.29, 0.717) is 47.6 Å². The quantitative estimate of drug-likeness (QED) is 0.127. The number of nitrogens with zero attached hydrogens (tertiary/aromatic N) is 1. The van der Waals surface area contributed by atoms with Gasteiger partial charge in [-0.25, -0.2) is 4.79 Å². The first kappa shape index (κ1) is 32.9. The minimum Gasteiger partial charge on any atom is -0.454 e. The maximum atomic E-state index is 13.6. The van der Waals surface area contributed by atoms with Gasteiger partial charge in [0.15, 0.2) is 11.5 Å². The molecule has 0 spiro atoms. The van der Waals surface area contributed by atoms with E-state index in [9.17, 15) is 41.0 Å². The molecule has 3 N–H and O–H groups in total. The molecule has 46 heavy (non-hydrogen) atoms. The zero-order chi connectivity index (χ0) is 33.3. The molecule has 3 aromatic rings. The van der Waals surface area contributed by atoms with Gasteiger partial charge in [0.1, 0.15) is 5.54 Å². The van der Waals surface area contributed by atoms with Crippen molar-refractivity contribution in [2.75, 3.05) is 25.2 Å². The second-order valence-electron chi connectivity index (χ2n) is 11.1. The summed E-state index contributed by atoms with van der Waals surface area (Å²) in [7, 11) is 0. The van der Waals surface area contributed by atoms with Gasteiger partial charge in [-0.3, -0.25) is 9.69 Å². The largest absolute Gasteiger partial charge is 0.454 e. The first-order valence-corrected chi connectivity index (χ1v) is 14.5. The van der Waals surface area contributed by atoms with E-state index in [2.05, 4.69) is 10.6 Å². The maximum Gasteiger partial charge on any atom is 0.430 e. The number of unbranched alkanes of at least 4 members (excludes halogenated alkanes) is 1. The van der Waals surface area contributed by atoms with Crippen LogP contribution in [0.3, 0.4) is 0 Å². The van der Waals surface area contributed by atoms with Crippen molar-refractivity contribution in [2.24, 2.45) is 0 Å². The first-order chi connectivity index (χ1) is 21.7. The molecule has 8 nitrogen and oxygen atoms in total. The highest BCUT2D eigenvalue weighted by Crippen LogP contribution is 2.50. The first-order valence-electron chi connectivity index (χ1n) is 14.5. The Morgan fingerprint density at radius 1 is 0.913 bits per heavy atom. The number of benzene rings is 3. The standard InChI is InChI=1S/C32H31F6N3O5/c1-2-29(22-11-13-25-26(18-22)46-19-45-25)27(42)41(28(43)40-29)15-7-6-14-39-24-12-10-23(30(44,31(33,34)35)32(36,37)38)17-21(24)16-20-8-4-3-5-9-20/h3-5,8-13,17-18,39,44H,2,6-7,14-16,19H2,1H3,(H,40,43). The minimum atomic E-state index is -6.01. The highest BCUT2D eigenvalue weighted by molar-refractivity contribution is 6.07. The summed E-state index contributed by atoms with van der Waals surface area (Å²) in [6.07, 6.45) is -11.0. The summed E-state index contributed by atoms with van der Waals surface area (Å²) in [5.41, 5.74) is -6.10. The molecule has 14 heteroatoms. The Bertz CT molecular complexity index is 1580. The maximum absolute atomic E-state index is 13.6. The van der Waals surface area contributed by atoms with E-state index in [4.69, 9.17) is 9.47 Å². The Hall–Kier alpha value is -4.46. The number of fused-ring (bicyclic) bond motifs is 1. The van der Waals surface area contributed by atoms with E-state index in [1.54, 1.807) is 55.5 Å². The van der Waals surface area contributed by atoms with Gasteiger partial charge < -0.3 is 25.2 Å². The molecule has 0 saturated carbocycles. The lowest BCUT2D eigenvalue weighted by atomic mass is 9.87. The number of nitrogens with one attached hydrogen (secondary N) is 2. The summed E-state index contributed by atoms with van der Waals surface area (Å²) in [6, 6.07) is 15.3. The molecule has 2 aliphatic rings. The Labute approximate surface area is 260 Å². The highest BCUT2D eigenvalue weighted by atomic mass is 19.4. The molecule has 2 aliphatic heterocycles. The zero-order valence-electron chi connectivity index (χ0n) is 24.6. The molecule has 0 radical (unpaired) electrons. The van der Waals surface area contributed by atoms with Crippen LogP contribution in [0.4, 0.5) is 36.8 Å². The molecule has 3 aromatic carbocycles. The third-order valence-electron chi connectivity index (χ3n) is 8.28. The Balaban J connectivity index is 1.27. The van der Waals surface area contributed by atoms with E-state index in [-0.39, 0.29) is 44.0 Å². The molecule has 0 aromatic heterocycles. The smallest absolute Gasteiger partial charge is 0.430 e. The minimum absolute atomic E-state index is 0.00970. The van der Waals surface area contributed by atoms with Crippen LogP contribution in [0.1, 0.15) is 48.4 Å². The average molecular weight is 652 g/mol. The third-order valence-corrected chi connectivity index (χ3v) is 8.28. The summed E-state index contributed by atoms with van der Waals surface area (Å²) >= 11 is 0. The van der Waals surface area contributed by atoms with Gasteiger partial charge in [-0.2, -0.15) is 26.3 Å². The second kappa shape index (κ2) is 12.4. The third kappa shape index (κ3) is 5.93. The molecule has 1 fully saturated rings. The van der Waals surface area contributed by atoms with Crippen LogP contribution in [0.5, 0.6) is 11.5 Å². The lowest BCUT2D eigenvalue weighted by molar-refractivity contribution is -0.376. The van der Waals surface area contributed by atoms with Crippen LogP contribution in [0.2, 0.25) is 0 Å². The number of amides is 3. The van der Waals surface area contributed by atoms with Crippen molar-refractivity contribution >= 4 is 17.6 Å². The lowest BCUT2D eigenvalue weighted by Gasteiger charge is -2.33. The monoisotopic (exact) mass is 651 g/mol. The van der Waals surface area contributed by atoms with Crippen LogP contribution in [0.15, 0.2) is 66.7 Å². The summed E-state index contributed by atoms with van der Waals surface area (Å²) in [5.74, 6) is 0.585. The van der Waals surface area contributed by atoms with Gasteiger partial charge in [-0.1, -0.05) is 49.4 Å². The summed E-state index contributed by atoms with van der Waals surface area (Å²) in [5, 5.41) is 15.8. The molecule has 2 heterocycles. The summed E-state index contributed by atoms with van der Waals surface area (Å²) < 4.78 is 92.2. The molecule has 246 valence electrons. The molecule has 0 bridgehead atoms. The molecule has 1 saturated heterocycles. The van der Waals surface area contributed by atoms with Crippen molar-refractivity contribution in [3.63, 3.8) is 0 Å². The average Bonchev–Trinajstić information content (AvgIpc) is 3.58. The molecule has 1 unspecified atom stereocenters. The molecule has 3 amide bonds. The van der Waals surface area contributed by atoms with Crippen molar-refractivity contribution in [3.8, 4) is 11.5 Å². The van der Waals surface area contributed by atoms with Crippen LogP contribution in [-0.4, -0.2) is 54.2 Å². The number of hydrogen-bond acceptors (Lipinski definition) is 6. The lowest BCUT2D eigenvalue weighted by Crippen LogP contribution is -2.54. The predicted molar refractivity (Wildman–Crippen MR) is 154 cm³/mol. The van der Waals surface area contributed by atoms with Crippen molar-refractivity contribution in [2.45, 2.75) is 56.1 Å². The topological polar surface area (TPSA) is 100 Å². The number of carbonyl (C=O) groups excluding carboxylic acids is 2. The van der Waals surface area contributed by atoms with E-state index in [0.717, 1.165) is 11.0 Å².